The van der Waals surface area contributed by atoms with Crippen LogP contribution in [0.2, 0.25) is 0 Å². The molecule has 3 rings (SSSR count). The van der Waals surface area contributed by atoms with Gasteiger partial charge in [0.15, 0.2) is 0 Å². The van der Waals surface area contributed by atoms with E-state index >= 15 is 0 Å². The van der Waals surface area contributed by atoms with E-state index in [-0.39, 0.29) is 0 Å². The van der Waals surface area contributed by atoms with E-state index < -0.39 is 5.67 Å². The van der Waals surface area contributed by atoms with Gasteiger partial charge < -0.3 is 4.90 Å². The molecule has 0 N–H and O–H groups in total. The number of alkyl halides is 1. The molecule has 3 heteroatoms. The van der Waals surface area contributed by atoms with Crippen molar-refractivity contribution >= 4 is 5.82 Å². The predicted octanol–water partition coefficient (Wildman–Crippen LogP) is 3.60. The highest BCUT2D eigenvalue weighted by Crippen LogP contribution is 2.31. The van der Waals surface area contributed by atoms with Gasteiger partial charge in [-0.2, -0.15) is 0 Å². The van der Waals surface area contributed by atoms with Crippen LogP contribution >= 0.6 is 0 Å². The number of halogens is 1. The number of hydrogen-bond acceptors (Lipinski definition) is 2. The number of aryl methyl sites for hydroxylation is 3. The molecule has 104 valence electrons. The quantitative estimate of drug-likeness (QED) is 0.769. The fourth-order valence-corrected chi connectivity index (χ4v) is 3.35. The fraction of sp³-hybridized carbons (Fsp3) is 0.688. The first kappa shape index (κ1) is 12.9. The van der Waals surface area contributed by atoms with Crippen molar-refractivity contribution in [3.8, 4) is 0 Å². The Morgan fingerprint density at radius 3 is 2.89 bits per heavy atom. The molecular formula is C16H23FN2. The molecule has 1 aliphatic carbocycles. The number of rotatable bonds is 1. The van der Waals surface area contributed by atoms with Crippen LogP contribution in [0.15, 0.2) is 6.07 Å². The highest BCUT2D eigenvalue weighted by molar-refractivity contribution is 5.50. The number of pyridine rings is 1. The van der Waals surface area contributed by atoms with Crippen LogP contribution in [0.25, 0.3) is 0 Å². The van der Waals surface area contributed by atoms with E-state index in [9.17, 15) is 4.39 Å². The van der Waals surface area contributed by atoms with E-state index in [1.54, 1.807) is 6.92 Å². The lowest BCUT2D eigenvalue weighted by Crippen LogP contribution is -2.28. The van der Waals surface area contributed by atoms with Crippen molar-refractivity contribution in [2.75, 3.05) is 18.0 Å². The summed E-state index contributed by atoms with van der Waals surface area (Å²) in [5.41, 5.74) is 2.95. The van der Waals surface area contributed by atoms with Gasteiger partial charge in [0.05, 0.1) is 0 Å². The second kappa shape index (κ2) is 4.77. The molecule has 0 radical (unpaired) electrons. The minimum absolute atomic E-state index is 0.616. The van der Waals surface area contributed by atoms with Crippen LogP contribution in [0.5, 0.6) is 0 Å². The van der Waals surface area contributed by atoms with Crippen molar-refractivity contribution in [3.05, 3.63) is 22.9 Å². The van der Waals surface area contributed by atoms with Crippen molar-refractivity contribution in [1.82, 2.24) is 4.98 Å². The number of aromatic nitrogens is 1. The Kier molecular flexibility index (Phi) is 3.23. The van der Waals surface area contributed by atoms with E-state index in [1.807, 2.05) is 0 Å². The smallest absolute Gasteiger partial charge is 0.131 e. The normalized spacial score (nSPS) is 27.2. The predicted molar refractivity (Wildman–Crippen MR) is 76.6 cm³/mol. The first-order valence-electron chi connectivity index (χ1n) is 7.48. The second-order valence-electron chi connectivity index (χ2n) is 6.34. The maximum atomic E-state index is 14.1. The van der Waals surface area contributed by atoms with E-state index in [1.165, 1.54) is 29.7 Å². The van der Waals surface area contributed by atoms with Gasteiger partial charge in [0.1, 0.15) is 11.5 Å². The molecule has 2 aliphatic rings. The molecule has 1 unspecified atom stereocenters. The number of hydrogen-bond donors (Lipinski definition) is 0. The van der Waals surface area contributed by atoms with Crippen LogP contribution in [0.1, 0.15) is 49.4 Å². The zero-order valence-corrected chi connectivity index (χ0v) is 12.0. The topological polar surface area (TPSA) is 16.1 Å². The second-order valence-corrected chi connectivity index (χ2v) is 6.34. The molecule has 1 saturated heterocycles. The van der Waals surface area contributed by atoms with E-state index in [0.29, 0.717) is 12.8 Å². The molecule has 1 aliphatic heterocycles. The van der Waals surface area contributed by atoms with Gasteiger partial charge in [0, 0.05) is 18.8 Å². The summed E-state index contributed by atoms with van der Waals surface area (Å²) in [6.07, 6.45) is 5.72. The van der Waals surface area contributed by atoms with Crippen molar-refractivity contribution < 1.29 is 4.39 Å². The summed E-state index contributed by atoms with van der Waals surface area (Å²) in [6, 6.07) is 2.30. The van der Waals surface area contributed by atoms with Crippen LogP contribution in [0, 0.1) is 6.92 Å². The third kappa shape index (κ3) is 2.60. The molecule has 0 saturated carbocycles. The fourth-order valence-electron chi connectivity index (χ4n) is 3.35. The molecule has 0 spiro atoms. The monoisotopic (exact) mass is 262 g/mol. The summed E-state index contributed by atoms with van der Waals surface area (Å²) in [4.78, 5) is 7.16. The van der Waals surface area contributed by atoms with Crippen molar-refractivity contribution in [3.63, 3.8) is 0 Å². The van der Waals surface area contributed by atoms with Crippen LogP contribution in [-0.4, -0.2) is 23.7 Å². The van der Waals surface area contributed by atoms with Crippen LogP contribution < -0.4 is 4.90 Å². The van der Waals surface area contributed by atoms with E-state index in [4.69, 9.17) is 4.98 Å². The summed E-state index contributed by atoms with van der Waals surface area (Å²) in [7, 11) is 0. The van der Waals surface area contributed by atoms with Gasteiger partial charge in [-0.25, -0.2) is 9.37 Å². The zero-order chi connectivity index (χ0) is 13.5. The molecule has 1 aromatic heterocycles. The Morgan fingerprint density at radius 2 is 2.05 bits per heavy atom. The third-order valence-corrected chi connectivity index (χ3v) is 4.54. The first-order chi connectivity index (χ1) is 9.05. The highest BCUT2D eigenvalue weighted by Gasteiger charge is 2.28. The van der Waals surface area contributed by atoms with Crippen molar-refractivity contribution in [2.24, 2.45) is 0 Å². The maximum Gasteiger partial charge on any atom is 0.131 e. The van der Waals surface area contributed by atoms with Crippen LogP contribution in [0.4, 0.5) is 10.2 Å². The zero-order valence-electron chi connectivity index (χ0n) is 12.0. The summed E-state index contributed by atoms with van der Waals surface area (Å²) in [6.45, 7) is 5.60. The average molecular weight is 262 g/mol. The Hall–Kier alpha value is -1.12. The summed E-state index contributed by atoms with van der Waals surface area (Å²) in [5, 5.41) is 0. The van der Waals surface area contributed by atoms with E-state index in [2.05, 4.69) is 17.9 Å². The van der Waals surface area contributed by atoms with Crippen LogP contribution in [0.3, 0.4) is 0 Å². The van der Waals surface area contributed by atoms with Gasteiger partial charge in [-0.15, -0.1) is 0 Å². The minimum atomic E-state index is -1.00. The molecule has 2 heterocycles. The maximum absolute atomic E-state index is 14.1. The number of nitrogens with zero attached hydrogens (tertiary/aromatic N) is 2. The molecule has 2 nitrogen and oxygen atoms in total. The van der Waals surface area contributed by atoms with Crippen molar-refractivity contribution in [2.45, 2.75) is 58.0 Å². The lowest BCUT2D eigenvalue weighted by atomic mass is 10.0. The Labute approximate surface area is 115 Å². The molecule has 19 heavy (non-hydrogen) atoms. The van der Waals surface area contributed by atoms with Gasteiger partial charge in [-0.05, 0) is 63.5 Å². The van der Waals surface area contributed by atoms with Crippen molar-refractivity contribution in [1.29, 1.82) is 0 Å². The van der Waals surface area contributed by atoms with E-state index in [0.717, 1.165) is 31.7 Å². The molecule has 0 aromatic carbocycles. The molecule has 1 atom stereocenters. The van der Waals surface area contributed by atoms with Gasteiger partial charge >= 0.3 is 0 Å². The van der Waals surface area contributed by atoms with Gasteiger partial charge in [-0.1, -0.05) is 6.07 Å². The SMILES string of the molecule is Cc1cc2c(nc1N1CCCC(C)(F)CC1)CCC2. The third-order valence-electron chi connectivity index (χ3n) is 4.54. The van der Waals surface area contributed by atoms with Gasteiger partial charge in [0.2, 0.25) is 0 Å². The largest absolute Gasteiger partial charge is 0.356 e. The Balaban J connectivity index is 1.86. The number of anilines is 1. The molecule has 1 aromatic rings. The molecular weight excluding hydrogens is 239 g/mol. The summed E-state index contributed by atoms with van der Waals surface area (Å²) < 4.78 is 14.1. The molecule has 0 bridgehead atoms. The minimum Gasteiger partial charge on any atom is -0.356 e. The Bertz CT molecular complexity index is 482. The van der Waals surface area contributed by atoms with Crippen LogP contribution in [-0.2, 0) is 12.8 Å². The standard InChI is InChI=1S/C16H23FN2/c1-12-11-13-5-3-6-14(13)18-15(12)19-9-4-7-16(2,17)8-10-19/h11H,3-10H2,1-2H3. The average Bonchev–Trinajstić information content (AvgIpc) is 2.71. The lowest BCUT2D eigenvalue weighted by molar-refractivity contribution is 0.170. The van der Waals surface area contributed by atoms with Gasteiger partial charge in [0.25, 0.3) is 0 Å². The summed E-state index contributed by atoms with van der Waals surface area (Å²) >= 11 is 0. The summed E-state index contributed by atoms with van der Waals surface area (Å²) in [5.74, 6) is 1.10. The molecule has 1 fully saturated rings. The first-order valence-corrected chi connectivity index (χ1v) is 7.48. The van der Waals surface area contributed by atoms with Gasteiger partial charge in [-0.3, -0.25) is 0 Å². The number of fused-ring (bicyclic) bond motifs is 1. The highest BCUT2D eigenvalue weighted by atomic mass is 19.1. The Morgan fingerprint density at radius 1 is 1.21 bits per heavy atom. The lowest BCUT2D eigenvalue weighted by Gasteiger charge is -2.24. The molecule has 0 amide bonds.